The molecule has 4 N–H and O–H groups in total. The van der Waals surface area contributed by atoms with Crippen LogP contribution in [-0.2, 0) is 4.79 Å². The first-order chi connectivity index (χ1) is 9.61. The van der Waals surface area contributed by atoms with Crippen LogP contribution in [0.5, 0.6) is 0 Å². The average molecular weight is 276 g/mol. The minimum atomic E-state index is -0.501. The predicted octanol–water partition coefficient (Wildman–Crippen LogP) is 1.28. The summed E-state index contributed by atoms with van der Waals surface area (Å²) in [6, 6.07) is 6.60. The third-order valence-corrected chi connectivity index (χ3v) is 3.22. The molecule has 20 heavy (non-hydrogen) atoms. The Hall–Kier alpha value is -2.08. The van der Waals surface area contributed by atoms with Crippen molar-refractivity contribution in [2.45, 2.75) is 25.8 Å². The van der Waals surface area contributed by atoms with Crippen LogP contribution >= 0.6 is 0 Å². The van der Waals surface area contributed by atoms with Crippen molar-refractivity contribution in [1.29, 1.82) is 0 Å². The molecule has 6 heteroatoms. The maximum absolute atomic E-state index is 11.9. The summed E-state index contributed by atoms with van der Waals surface area (Å²) in [6.07, 6.45) is 1.52. The van der Waals surface area contributed by atoms with E-state index in [4.69, 9.17) is 5.73 Å². The van der Waals surface area contributed by atoms with Crippen LogP contribution in [0, 0.1) is 0 Å². The lowest BCUT2D eigenvalue weighted by atomic mass is 10.1. The summed E-state index contributed by atoms with van der Waals surface area (Å²) in [5.74, 6) is -0.199. The number of nitrogens with zero attached hydrogens (tertiary/aromatic N) is 1. The first-order valence-electron chi connectivity index (χ1n) is 6.83. The summed E-state index contributed by atoms with van der Waals surface area (Å²) in [5.41, 5.74) is 7.19. The Kier molecular flexibility index (Phi) is 4.57. The van der Waals surface area contributed by atoms with Gasteiger partial charge in [-0.2, -0.15) is 0 Å². The molecule has 6 nitrogen and oxygen atoms in total. The molecule has 2 rings (SSSR count). The molecule has 1 saturated heterocycles. The topological polar surface area (TPSA) is 87.5 Å². The van der Waals surface area contributed by atoms with Gasteiger partial charge in [-0.25, -0.2) is 4.79 Å². The first kappa shape index (κ1) is 14.3. The van der Waals surface area contributed by atoms with Gasteiger partial charge in [-0.15, -0.1) is 0 Å². The van der Waals surface area contributed by atoms with Crippen molar-refractivity contribution in [3.05, 3.63) is 24.3 Å². The highest BCUT2D eigenvalue weighted by molar-refractivity contribution is 5.97. The van der Waals surface area contributed by atoms with Crippen molar-refractivity contribution in [3.63, 3.8) is 0 Å². The molecule has 0 saturated carbocycles. The summed E-state index contributed by atoms with van der Waals surface area (Å²) >= 11 is 0. The molecule has 1 fully saturated rings. The van der Waals surface area contributed by atoms with E-state index in [1.54, 1.807) is 17.0 Å². The molecule has 0 spiro atoms. The van der Waals surface area contributed by atoms with Crippen LogP contribution in [0.1, 0.15) is 19.8 Å². The Balaban J connectivity index is 2.06. The van der Waals surface area contributed by atoms with E-state index in [0.29, 0.717) is 25.2 Å². The Morgan fingerprint density at radius 1 is 1.55 bits per heavy atom. The highest BCUT2D eigenvalue weighted by atomic mass is 16.2. The van der Waals surface area contributed by atoms with E-state index in [1.165, 1.54) is 0 Å². The number of amides is 3. The number of nitrogens with two attached hydrogens (primary N) is 1. The number of hydrogen-bond acceptors (Lipinski definition) is 3. The zero-order chi connectivity index (χ0) is 14.5. The van der Waals surface area contributed by atoms with Crippen molar-refractivity contribution < 1.29 is 9.59 Å². The smallest absolute Gasteiger partial charge is 0.321 e. The number of anilines is 2. The van der Waals surface area contributed by atoms with E-state index in [9.17, 15) is 9.59 Å². The molecule has 0 aromatic heterocycles. The molecule has 1 atom stereocenters. The van der Waals surface area contributed by atoms with Gasteiger partial charge < -0.3 is 16.4 Å². The van der Waals surface area contributed by atoms with Gasteiger partial charge in [0.05, 0.1) is 6.04 Å². The maximum Gasteiger partial charge on any atom is 0.321 e. The van der Waals surface area contributed by atoms with Gasteiger partial charge in [-0.3, -0.25) is 9.69 Å². The highest BCUT2D eigenvalue weighted by Crippen LogP contribution is 2.21. The number of carbonyl (C=O) groups excluding carboxylic acids is 2. The third-order valence-electron chi connectivity index (χ3n) is 3.22. The Morgan fingerprint density at radius 2 is 2.35 bits per heavy atom. The molecular formula is C14H20N4O2. The number of hydrogen-bond donors (Lipinski definition) is 3. The van der Waals surface area contributed by atoms with Gasteiger partial charge >= 0.3 is 6.03 Å². The monoisotopic (exact) mass is 276 g/mol. The number of rotatable bonds is 5. The van der Waals surface area contributed by atoms with Gasteiger partial charge in [0.25, 0.3) is 0 Å². The van der Waals surface area contributed by atoms with Crippen LogP contribution in [-0.4, -0.2) is 31.1 Å². The van der Waals surface area contributed by atoms with Crippen molar-refractivity contribution in [2.24, 2.45) is 5.73 Å². The fourth-order valence-electron chi connectivity index (χ4n) is 2.15. The van der Waals surface area contributed by atoms with E-state index < -0.39 is 6.04 Å². The van der Waals surface area contributed by atoms with Crippen LogP contribution in [0.2, 0.25) is 0 Å². The molecule has 108 valence electrons. The number of urea groups is 1. The van der Waals surface area contributed by atoms with Crippen LogP contribution in [0.25, 0.3) is 0 Å². The summed E-state index contributed by atoms with van der Waals surface area (Å²) in [6.45, 7) is 3.25. The molecule has 1 aliphatic rings. The lowest BCUT2D eigenvalue weighted by Gasteiger charge is -2.16. The molecule has 0 unspecified atom stereocenters. The van der Waals surface area contributed by atoms with Gasteiger partial charge in [-0.05, 0) is 24.6 Å². The summed E-state index contributed by atoms with van der Waals surface area (Å²) < 4.78 is 0. The molecular weight excluding hydrogens is 256 g/mol. The van der Waals surface area contributed by atoms with E-state index in [1.807, 2.05) is 19.1 Å². The average Bonchev–Trinajstić information content (AvgIpc) is 2.85. The second-order valence-electron chi connectivity index (χ2n) is 4.82. The summed E-state index contributed by atoms with van der Waals surface area (Å²) in [5, 5.41) is 5.53. The fourth-order valence-corrected chi connectivity index (χ4v) is 2.15. The van der Waals surface area contributed by atoms with Crippen molar-refractivity contribution >= 4 is 23.3 Å². The summed E-state index contributed by atoms with van der Waals surface area (Å²) in [4.78, 5) is 25.1. The van der Waals surface area contributed by atoms with E-state index in [0.717, 1.165) is 12.1 Å². The molecule has 3 amide bonds. The van der Waals surface area contributed by atoms with E-state index in [-0.39, 0.29) is 11.9 Å². The minimum Gasteiger partial charge on any atom is -0.336 e. The van der Waals surface area contributed by atoms with Crippen molar-refractivity contribution in [1.82, 2.24) is 5.32 Å². The quantitative estimate of drug-likeness (QED) is 0.757. The standard InChI is InChI=1S/C14H20N4O2/c1-2-4-12(15)13(19)17-10-5-3-6-11(9-10)18-8-7-16-14(18)20/h3,5-6,9,12H,2,4,7-8,15H2,1H3,(H,16,20)(H,17,19)/t12-/m1/s1. The minimum absolute atomic E-state index is 0.115. The molecule has 0 bridgehead atoms. The number of nitrogens with one attached hydrogen (secondary N) is 2. The lowest BCUT2D eigenvalue weighted by molar-refractivity contribution is -0.117. The van der Waals surface area contributed by atoms with E-state index >= 15 is 0 Å². The van der Waals surface area contributed by atoms with E-state index in [2.05, 4.69) is 10.6 Å². The second-order valence-corrected chi connectivity index (χ2v) is 4.82. The zero-order valence-corrected chi connectivity index (χ0v) is 11.6. The van der Waals surface area contributed by atoms with Gasteiger partial charge in [0, 0.05) is 24.5 Å². The zero-order valence-electron chi connectivity index (χ0n) is 11.6. The third kappa shape index (κ3) is 3.27. The molecule has 1 aliphatic heterocycles. The Labute approximate surface area is 118 Å². The molecule has 1 heterocycles. The number of benzene rings is 1. The highest BCUT2D eigenvalue weighted by Gasteiger charge is 2.21. The normalized spacial score (nSPS) is 15.9. The molecule has 1 aromatic carbocycles. The molecule has 0 aliphatic carbocycles. The first-order valence-corrected chi connectivity index (χ1v) is 6.83. The van der Waals surface area contributed by atoms with Crippen LogP contribution in [0.4, 0.5) is 16.2 Å². The largest absolute Gasteiger partial charge is 0.336 e. The van der Waals surface area contributed by atoms with Gasteiger partial charge in [0.15, 0.2) is 0 Å². The van der Waals surface area contributed by atoms with Gasteiger partial charge in [0.2, 0.25) is 5.91 Å². The van der Waals surface area contributed by atoms with Gasteiger partial charge in [-0.1, -0.05) is 19.4 Å². The fraction of sp³-hybridized carbons (Fsp3) is 0.429. The maximum atomic E-state index is 11.9. The summed E-state index contributed by atoms with van der Waals surface area (Å²) in [7, 11) is 0. The van der Waals surface area contributed by atoms with Crippen LogP contribution in [0.3, 0.4) is 0 Å². The predicted molar refractivity (Wildman–Crippen MR) is 78.7 cm³/mol. The Bertz CT molecular complexity index is 504. The Morgan fingerprint density at radius 3 is 3.00 bits per heavy atom. The number of carbonyl (C=O) groups is 2. The second kappa shape index (κ2) is 6.38. The van der Waals surface area contributed by atoms with Gasteiger partial charge in [0.1, 0.15) is 0 Å². The molecule has 1 aromatic rings. The van der Waals surface area contributed by atoms with Crippen molar-refractivity contribution in [2.75, 3.05) is 23.3 Å². The van der Waals surface area contributed by atoms with Crippen LogP contribution in [0.15, 0.2) is 24.3 Å². The SMILES string of the molecule is CCC[C@@H](N)C(=O)Nc1cccc(N2CCNC2=O)c1. The molecule has 0 radical (unpaired) electrons. The van der Waals surface area contributed by atoms with Crippen molar-refractivity contribution in [3.8, 4) is 0 Å². The van der Waals surface area contributed by atoms with Crippen LogP contribution < -0.4 is 21.3 Å². The lowest BCUT2D eigenvalue weighted by Crippen LogP contribution is -2.35.